The molecule has 0 heterocycles. The Balaban J connectivity index is 1.67. The number of hydrogen-bond acceptors (Lipinski definition) is 4. The van der Waals surface area contributed by atoms with Gasteiger partial charge in [0, 0.05) is 13.1 Å². The van der Waals surface area contributed by atoms with E-state index < -0.39 is 6.61 Å². The van der Waals surface area contributed by atoms with Crippen LogP contribution in [0, 0.1) is 0 Å². The number of nitrogens with one attached hydrogen (secondary N) is 2. The lowest BCUT2D eigenvalue weighted by molar-refractivity contribution is -0.0498. The molecule has 0 aliphatic rings. The van der Waals surface area contributed by atoms with Crippen LogP contribution in [0.2, 0.25) is 0 Å². The molecule has 0 bridgehead atoms. The van der Waals surface area contributed by atoms with Gasteiger partial charge in [-0.3, -0.25) is 0 Å². The Morgan fingerprint density at radius 3 is 2.04 bits per heavy atom. The number of ether oxygens (including phenoxy) is 3. The Hall–Kier alpha value is -3.03. The molecule has 2 aromatic rings. The van der Waals surface area contributed by atoms with E-state index in [0.29, 0.717) is 37.4 Å². The summed E-state index contributed by atoms with van der Waals surface area (Å²) in [5.74, 6) is 1.42. The van der Waals surface area contributed by atoms with Crippen molar-refractivity contribution in [2.45, 2.75) is 19.5 Å². The van der Waals surface area contributed by atoms with Gasteiger partial charge in [0.05, 0.1) is 14.2 Å². The molecular weight excluding hydrogens is 370 g/mol. The van der Waals surface area contributed by atoms with Gasteiger partial charge in [0.1, 0.15) is 5.75 Å². The smallest absolute Gasteiger partial charge is 0.387 e. The molecule has 0 saturated carbocycles. The summed E-state index contributed by atoms with van der Waals surface area (Å²) >= 11 is 0. The lowest BCUT2D eigenvalue weighted by Gasteiger charge is -2.11. The number of alkyl halides is 2. The molecular formula is C20H24F2N2O4. The fourth-order valence-electron chi connectivity index (χ4n) is 2.58. The zero-order chi connectivity index (χ0) is 20.4. The number of benzene rings is 2. The number of amides is 2. The molecule has 8 heteroatoms. The highest BCUT2D eigenvalue weighted by Crippen LogP contribution is 2.27. The van der Waals surface area contributed by atoms with Crippen molar-refractivity contribution in [1.82, 2.24) is 10.6 Å². The van der Waals surface area contributed by atoms with Gasteiger partial charge in [-0.05, 0) is 48.2 Å². The van der Waals surface area contributed by atoms with Crippen molar-refractivity contribution >= 4 is 6.03 Å². The summed E-state index contributed by atoms with van der Waals surface area (Å²) in [5, 5.41) is 5.55. The highest BCUT2D eigenvalue weighted by Gasteiger charge is 2.06. The number of urea groups is 1. The molecule has 2 rings (SSSR count). The fourth-order valence-corrected chi connectivity index (χ4v) is 2.58. The normalized spacial score (nSPS) is 10.5. The molecule has 6 nitrogen and oxygen atoms in total. The average Bonchev–Trinajstić information content (AvgIpc) is 2.68. The minimum Gasteiger partial charge on any atom is -0.493 e. The lowest BCUT2D eigenvalue weighted by Crippen LogP contribution is -2.37. The summed E-state index contributed by atoms with van der Waals surface area (Å²) in [5.41, 5.74) is 1.93. The van der Waals surface area contributed by atoms with Crippen LogP contribution in [0.25, 0.3) is 0 Å². The fraction of sp³-hybridized carbons (Fsp3) is 0.350. The van der Waals surface area contributed by atoms with E-state index in [2.05, 4.69) is 15.4 Å². The van der Waals surface area contributed by atoms with Gasteiger partial charge in [0.2, 0.25) is 0 Å². The van der Waals surface area contributed by atoms with Gasteiger partial charge in [-0.1, -0.05) is 18.2 Å². The van der Waals surface area contributed by atoms with Gasteiger partial charge < -0.3 is 24.8 Å². The SMILES string of the molecule is COc1ccc(CCNC(=O)NCCc2ccc(OC(F)F)cc2)cc1OC. The van der Waals surface area contributed by atoms with Crippen molar-refractivity contribution in [1.29, 1.82) is 0 Å². The molecule has 0 saturated heterocycles. The quantitative estimate of drug-likeness (QED) is 0.648. The van der Waals surface area contributed by atoms with E-state index >= 15 is 0 Å². The predicted octanol–water partition coefficient (Wildman–Crippen LogP) is 3.39. The van der Waals surface area contributed by atoms with Gasteiger partial charge in [0.15, 0.2) is 11.5 Å². The van der Waals surface area contributed by atoms with Gasteiger partial charge in [-0.15, -0.1) is 0 Å². The zero-order valence-electron chi connectivity index (χ0n) is 15.8. The Bertz CT molecular complexity index is 754. The standard InChI is InChI=1S/C20H24F2N2O4/c1-26-17-8-5-15(13-18(17)27-2)10-12-24-20(25)23-11-9-14-3-6-16(7-4-14)28-19(21)22/h3-8,13,19H,9-12H2,1-2H3,(H2,23,24,25). The molecule has 0 aromatic heterocycles. The average molecular weight is 394 g/mol. The first-order valence-corrected chi connectivity index (χ1v) is 8.78. The minimum atomic E-state index is -2.84. The van der Waals surface area contributed by atoms with E-state index in [9.17, 15) is 13.6 Å². The zero-order valence-corrected chi connectivity index (χ0v) is 15.8. The second-order valence-corrected chi connectivity index (χ2v) is 5.89. The molecule has 2 amide bonds. The summed E-state index contributed by atoms with van der Waals surface area (Å²) in [6, 6.07) is 11.7. The molecule has 0 aliphatic carbocycles. The summed E-state index contributed by atoms with van der Waals surface area (Å²) in [6.45, 7) is -1.94. The molecule has 0 spiro atoms. The molecule has 0 fully saturated rings. The molecule has 2 aromatic carbocycles. The highest BCUT2D eigenvalue weighted by molar-refractivity contribution is 5.73. The number of carbonyl (C=O) groups is 1. The third kappa shape index (κ3) is 6.94. The van der Waals surface area contributed by atoms with Crippen molar-refractivity contribution in [2.24, 2.45) is 0 Å². The maximum Gasteiger partial charge on any atom is 0.387 e. The third-order valence-electron chi connectivity index (χ3n) is 3.99. The van der Waals surface area contributed by atoms with Crippen LogP contribution in [0.15, 0.2) is 42.5 Å². The van der Waals surface area contributed by atoms with Gasteiger partial charge >= 0.3 is 12.6 Å². The molecule has 0 aliphatic heterocycles. The summed E-state index contributed by atoms with van der Waals surface area (Å²) < 4.78 is 39.0. The first kappa shape index (κ1) is 21.3. The van der Waals surface area contributed by atoms with Crippen molar-refractivity contribution in [3.05, 3.63) is 53.6 Å². The number of rotatable bonds is 10. The van der Waals surface area contributed by atoms with E-state index in [1.165, 1.54) is 12.1 Å². The van der Waals surface area contributed by atoms with Crippen molar-refractivity contribution < 1.29 is 27.8 Å². The lowest BCUT2D eigenvalue weighted by atomic mass is 10.1. The molecule has 0 atom stereocenters. The second kappa shape index (κ2) is 11.0. The maximum atomic E-state index is 12.1. The van der Waals surface area contributed by atoms with Crippen LogP contribution in [0.5, 0.6) is 17.2 Å². The Labute approximate surface area is 162 Å². The Kier molecular flexibility index (Phi) is 8.33. The largest absolute Gasteiger partial charge is 0.493 e. The van der Waals surface area contributed by atoms with Gasteiger partial charge in [0.25, 0.3) is 0 Å². The third-order valence-corrected chi connectivity index (χ3v) is 3.99. The first-order chi connectivity index (χ1) is 13.5. The van der Waals surface area contributed by atoms with Crippen LogP contribution >= 0.6 is 0 Å². The van der Waals surface area contributed by atoms with Crippen LogP contribution in [0.3, 0.4) is 0 Å². The van der Waals surface area contributed by atoms with Crippen LogP contribution in [0.4, 0.5) is 13.6 Å². The molecule has 0 unspecified atom stereocenters. The predicted molar refractivity (Wildman–Crippen MR) is 101 cm³/mol. The van der Waals surface area contributed by atoms with Gasteiger partial charge in [-0.2, -0.15) is 8.78 Å². The van der Waals surface area contributed by atoms with E-state index in [1.54, 1.807) is 26.4 Å². The number of methoxy groups -OCH3 is 2. The van der Waals surface area contributed by atoms with Crippen LogP contribution in [-0.2, 0) is 12.8 Å². The monoisotopic (exact) mass is 394 g/mol. The molecule has 28 heavy (non-hydrogen) atoms. The minimum absolute atomic E-state index is 0.111. The topological polar surface area (TPSA) is 68.8 Å². The van der Waals surface area contributed by atoms with E-state index in [4.69, 9.17) is 9.47 Å². The molecule has 2 N–H and O–H groups in total. The summed E-state index contributed by atoms with van der Waals surface area (Å²) in [7, 11) is 3.15. The van der Waals surface area contributed by atoms with Crippen molar-refractivity contribution in [2.75, 3.05) is 27.3 Å². The molecule has 0 radical (unpaired) electrons. The van der Waals surface area contributed by atoms with Crippen LogP contribution < -0.4 is 24.8 Å². The summed E-state index contributed by atoms with van der Waals surface area (Å²) in [4.78, 5) is 11.9. The number of carbonyl (C=O) groups excluding carboxylic acids is 1. The highest BCUT2D eigenvalue weighted by atomic mass is 19.3. The van der Waals surface area contributed by atoms with E-state index in [1.807, 2.05) is 18.2 Å². The van der Waals surface area contributed by atoms with Crippen molar-refractivity contribution in [3.8, 4) is 17.2 Å². The second-order valence-electron chi connectivity index (χ2n) is 5.89. The Morgan fingerprint density at radius 2 is 1.46 bits per heavy atom. The number of halogens is 2. The first-order valence-electron chi connectivity index (χ1n) is 8.78. The van der Waals surface area contributed by atoms with E-state index in [-0.39, 0.29) is 11.8 Å². The van der Waals surface area contributed by atoms with Crippen molar-refractivity contribution in [3.63, 3.8) is 0 Å². The van der Waals surface area contributed by atoms with Crippen LogP contribution in [-0.4, -0.2) is 40.0 Å². The van der Waals surface area contributed by atoms with E-state index in [0.717, 1.165) is 11.1 Å². The number of hydrogen-bond donors (Lipinski definition) is 2. The van der Waals surface area contributed by atoms with Crippen LogP contribution in [0.1, 0.15) is 11.1 Å². The van der Waals surface area contributed by atoms with Gasteiger partial charge in [-0.25, -0.2) is 4.79 Å². The summed E-state index contributed by atoms with van der Waals surface area (Å²) in [6.07, 6.45) is 1.23. The Morgan fingerprint density at radius 1 is 0.893 bits per heavy atom. The maximum absolute atomic E-state index is 12.1. The molecule has 152 valence electrons.